The summed E-state index contributed by atoms with van der Waals surface area (Å²) in [5.41, 5.74) is -1.17. The molecular weight excluding hydrogens is 381 g/mol. The molecule has 1 aliphatic rings. The number of hydrogen-bond donors (Lipinski definition) is 1. The first-order valence-electron chi connectivity index (χ1n) is 9.12. The number of sulfonamides is 1. The second-order valence-corrected chi connectivity index (χ2v) is 8.58. The average molecular weight is 406 g/mol. The molecule has 152 valence electrons. The van der Waals surface area contributed by atoms with Crippen LogP contribution in [-0.2, 0) is 21.0 Å². The summed E-state index contributed by atoms with van der Waals surface area (Å²) in [6.07, 6.45) is -1.19. The summed E-state index contributed by atoms with van der Waals surface area (Å²) in [6, 6.07) is 4.18. The molecule has 0 spiro atoms. The van der Waals surface area contributed by atoms with Gasteiger partial charge in [-0.1, -0.05) is 31.9 Å². The lowest BCUT2D eigenvalue weighted by Crippen LogP contribution is -2.43. The van der Waals surface area contributed by atoms with Crippen LogP contribution in [0.1, 0.15) is 44.6 Å². The third-order valence-electron chi connectivity index (χ3n) is 4.71. The lowest BCUT2D eigenvalue weighted by atomic mass is 9.97. The average Bonchev–Trinajstić information content (AvgIpc) is 2.64. The van der Waals surface area contributed by atoms with Crippen molar-refractivity contribution >= 4 is 15.9 Å². The predicted octanol–water partition coefficient (Wildman–Crippen LogP) is 3.41. The quantitative estimate of drug-likeness (QED) is 0.706. The Morgan fingerprint density at radius 1 is 1.19 bits per heavy atom. The van der Waals surface area contributed by atoms with Crippen molar-refractivity contribution in [3.63, 3.8) is 0 Å². The number of nitrogens with zero attached hydrogens (tertiary/aromatic N) is 1. The topological polar surface area (TPSA) is 66.5 Å². The zero-order valence-corrected chi connectivity index (χ0v) is 16.1. The number of carbonyl (C=O) groups excluding carboxylic acids is 1. The van der Waals surface area contributed by atoms with E-state index >= 15 is 0 Å². The van der Waals surface area contributed by atoms with E-state index in [1.54, 1.807) is 0 Å². The molecule has 1 aromatic carbocycles. The molecule has 0 saturated carbocycles. The fourth-order valence-corrected chi connectivity index (χ4v) is 4.84. The molecule has 1 aromatic rings. The maximum Gasteiger partial charge on any atom is 0.417 e. The molecule has 2 rings (SSSR count). The number of piperidine rings is 1. The Balaban J connectivity index is 2.02. The number of hydrogen-bond acceptors (Lipinski definition) is 3. The molecule has 0 atom stereocenters. The molecule has 5 nitrogen and oxygen atoms in total. The lowest BCUT2D eigenvalue weighted by molar-refractivity contribution is -0.139. The predicted molar refractivity (Wildman–Crippen MR) is 95.5 cm³/mol. The van der Waals surface area contributed by atoms with E-state index in [9.17, 15) is 26.4 Å². The highest BCUT2D eigenvalue weighted by molar-refractivity contribution is 7.89. The van der Waals surface area contributed by atoms with Crippen molar-refractivity contribution in [2.75, 3.05) is 19.6 Å². The fourth-order valence-electron chi connectivity index (χ4n) is 3.15. The first-order chi connectivity index (χ1) is 12.7. The van der Waals surface area contributed by atoms with Gasteiger partial charge in [-0.2, -0.15) is 17.5 Å². The van der Waals surface area contributed by atoms with Crippen molar-refractivity contribution in [3.8, 4) is 0 Å². The van der Waals surface area contributed by atoms with Crippen molar-refractivity contribution in [2.45, 2.75) is 50.1 Å². The normalized spacial score (nSPS) is 17.0. The molecule has 0 radical (unpaired) electrons. The minimum absolute atomic E-state index is 0.0293. The van der Waals surface area contributed by atoms with E-state index in [2.05, 4.69) is 12.2 Å². The summed E-state index contributed by atoms with van der Waals surface area (Å²) >= 11 is 0. The number of rotatable bonds is 7. The molecule has 1 fully saturated rings. The Bertz CT molecular complexity index is 742. The highest BCUT2D eigenvalue weighted by Gasteiger charge is 2.40. The molecule has 0 aliphatic carbocycles. The van der Waals surface area contributed by atoms with Crippen LogP contribution >= 0.6 is 0 Å². The van der Waals surface area contributed by atoms with Crippen molar-refractivity contribution in [1.82, 2.24) is 9.62 Å². The standard InChI is InChI=1S/C18H25F3N2O3S/c1-2-3-6-11-22-17(24)14-9-12-23(13-10-14)27(25,26)16-8-5-4-7-15(16)18(19,20)21/h4-5,7-8,14H,2-3,6,9-13H2,1H3,(H,22,24). The minimum atomic E-state index is -4.75. The molecule has 9 heteroatoms. The van der Waals surface area contributed by atoms with Crippen LogP contribution in [0.15, 0.2) is 29.2 Å². The maximum atomic E-state index is 13.2. The van der Waals surface area contributed by atoms with Gasteiger partial charge in [0.15, 0.2) is 0 Å². The molecule has 1 amide bonds. The van der Waals surface area contributed by atoms with Crippen LogP contribution in [0.5, 0.6) is 0 Å². The first kappa shape index (κ1) is 21.7. The second kappa shape index (κ2) is 9.05. The highest BCUT2D eigenvalue weighted by atomic mass is 32.2. The van der Waals surface area contributed by atoms with Crippen LogP contribution in [0, 0.1) is 5.92 Å². The van der Waals surface area contributed by atoms with Gasteiger partial charge in [-0.25, -0.2) is 8.42 Å². The SMILES string of the molecule is CCCCCNC(=O)C1CCN(S(=O)(=O)c2ccccc2C(F)(F)F)CC1. The number of halogens is 3. The van der Waals surface area contributed by atoms with Gasteiger partial charge in [0.1, 0.15) is 0 Å². The van der Waals surface area contributed by atoms with Gasteiger partial charge in [0.25, 0.3) is 0 Å². The summed E-state index contributed by atoms with van der Waals surface area (Å²) in [5, 5.41) is 2.85. The van der Waals surface area contributed by atoms with Gasteiger partial charge in [-0.05, 0) is 31.4 Å². The third-order valence-corrected chi connectivity index (χ3v) is 6.67. The Morgan fingerprint density at radius 3 is 2.41 bits per heavy atom. The molecule has 0 unspecified atom stereocenters. The summed E-state index contributed by atoms with van der Waals surface area (Å²) in [6.45, 7) is 2.71. The Kier molecular flexibility index (Phi) is 7.27. The first-order valence-corrected chi connectivity index (χ1v) is 10.6. The van der Waals surface area contributed by atoms with Gasteiger partial charge >= 0.3 is 6.18 Å². The van der Waals surface area contributed by atoms with E-state index in [1.165, 1.54) is 6.07 Å². The van der Waals surface area contributed by atoms with E-state index in [1.807, 2.05) is 0 Å². The monoisotopic (exact) mass is 406 g/mol. The van der Waals surface area contributed by atoms with E-state index in [0.717, 1.165) is 41.8 Å². The van der Waals surface area contributed by atoms with Crippen molar-refractivity contribution < 1.29 is 26.4 Å². The van der Waals surface area contributed by atoms with Crippen LogP contribution in [-0.4, -0.2) is 38.3 Å². The maximum absolute atomic E-state index is 13.2. The van der Waals surface area contributed by atoms with Gasteiger partial charge in [-0.3, -0.25) is 4.79 Å². The van der Waals surface area contributed by atoms with Crippen LogP contribution in [0.4, 0.5) is 13.2 Å². The summed E-state index contributed by atoms with van der Waals surface area (Å²) in [4.78, 5) is 11.4. The molecule has 1 aliphatic heterocycles. The van der Waals surface area contributed by atoms with Crippen LogP contribution in [0.3, 0.4) is 0 Å². The van der Waals surface area contributed by atoms with Gasteiger partial charge in [0.2, 0.25) is 15.9 Å². The second-order valence-electron chi connectivity index (χ2n) is 6.67. The Labute approximate surface area is 158 Å². The van der Waals surface area contributed by atoms with Gasteiger partial charge in [0.05, 0.1) is 10.5 Å². The van der Waals surface area contributed by atoms with Crippen LogP contribution in [0.25, 0.3) is 0 Å². The third kappa shape index (κ3) is 5.44. The highest BCUT2D eigenvalue weighted by Crippen LogP contribution is 2.36. The molecule has 0 bridgehead atoms. The summed E-state index contributed by atoms with van der Waals surface area (Å²) in [5.74, 6) is -0.422. The van der Waals surface area contributed by atoms with Gasteiger partial charge in [-0.15, -0.1) is 0 Å². The van der Waals surface area contributed by atoms with E-state index in [0.29, 0.717) is 19.4 Å². The lowest BCUT2D eigenvalue weighted by Gasteiger charge is -2.31. The van der Waals surface area contributed by atoms with Crippen molar-refractivity contribution in [3.05, 3.63) is 29.8 Å². The largest absolute Gasteiger partial charge is 0.417 e. The molecule has 1 N–H and O–H groups in total. The van der Waals surface area contributed by atoms with E-state index in [-0.39, 0.29) is 24.9 Å². The van der Waals surface area contributed by atoms with E-state index < -0.39 is 26.7 Å². The molecule has 27 heavy (non-hydrogen) atoms. The summed E-state index contributed by atoms with van der Waals surface area (Å²) in [7, 11) is -4.27. The molecular formula is C18H25F3N2O3S. The smallest absolute Gasteiger partial charge is 0.356 e. The zero-order valence-electron chi connectivity index (χ0n) is 15.3. The Morgan fingerprint density at radius 2 is 1.81 bits per heavy atom. The minimum Gasteiger partial charge on any atom is -0.356 e. The summed E-state index contributed by atoms with van der Waals surface area (Å²) < 4.78 is 65.9. The molecule has 1 saturated heterocycles. The number of carbonyl (C=O) groups is 1. The van der Waals surface area contributed by atoms with Gasteiger partial charge in [0, 0.05) is 25.6 Å². The van der Waals surface area contributed by atoms with Crippen molar-refractivity contribution in [2.24, 2.45) is 5.92 Å². The number of alkyl halides is 3. The fraction of sp³-hybridized carbons (Fsp3) is 0.611. The zero-order chi connectivity index (χ0) is 20.1. The van der Waals surface area contributed by atoms with Crippen molar-refractivity contribution in [1.29, 1.82) is 0 Å². The molecule has 0 aromatic heterocycles. The number of nitrogens with one attached hydrogen (secondary N) is 1. The number of benzene rings is 1. The van der Waals surface area contributed by atoms with Gasteiger partial charge < -0.3 is 5.32 Å². The Hall–Kier alpha value is -1.61. The number of unbranched alkanes of at least 4 members (excludes halogenated alkanes) is 2. The molecule has 1 heterocycles. The van der Waals surface area contributed by atoms with Crippen LogP contribution in [0.2, 0.25) is 0 Å². The van der Waals surface area contributed by atoms with Crippen LogP contribution < -0.4 is 5.32 Å². The van der Waals surface area contributed by atoms with E-state index in [4.69, 9.17) is 0 Å². The number of amides is 1.